The second-order valence-electron chi connectivity index (χ2n) is 7.09. The fourth-order valence-corrected chi connectivity index (χ4v) is 4.67. The minimum Gasteiger partial charge on any atom is -0.459 e. The molecule has 0 bridgehead atoms. The Hall–Kier alpha value is -2.58. The molecule has 0 N–H and O–H groups in total. The van der Waals surface area contributed by atoms with Crippen LogP contribution in [0.15, 0.2) is 61.4 Å². The highest BCUT2D eigenvalue weighted by molar-refractivity contribution is 7.91. The number of oxazole rings is 1. The number of ether oxygens (including phenoxy) is 1. The average Bonchev–Trinajstić information content (AvgIpc) is 3.31. The van der Waals surface area contributed by atoms with Crippen molar-refractivity contribution in [2.24, 2.45) is 0 Å². The maximum absolute atomic E-state index is 13.3. The molecule has 4 rings (SSSR count). The molecule has 0 saturated carbocycles. The lowest BCUT2D eigenvalue weighted by Gasteiger charge is -2.35. The number of morpholine rings is 1. The zero-order chi connectivity index (χ0) is 19.9. The molecule has 3 heterocycles. The van der Waals surface area contributed by atoms with Crippen LogP contribution >= 0.6 is 0 Å². The van der Waals surface area contributed by atoms with E-state index in [0.717, 1.165) is 5.56 Å². The van der Waals surface area contributed by atoms with E-state index in [1.807, 2.05) is 25.7 Å². The lowest BCUT2D eigenvalue weighted by Crippen LogP contribution is -2.45. The van der Waals surface area contributed by atoms with E-state index in [9.17, 15) is 8.42 Å². The molecule has 1 fully saturated rings. The van der Waals surface area contributed by atoms with Gasteiger partial charge in [-0.25, -0.2) is 8.42 Å². The number of hydrogen-bond acceptors (Lipinski definition) is 7. The largest absolute Gasteiger partial charge is 0.459 e. The van der Waals surface area contributed by atoms with Crippen molar-refractivity contribution < 1.29 is 22.0 Å². The van der Waals surface area contributed by atoms with Gasteiger partial charge in [-0.15, -0.1) is 0 Å². The van der Waals surface area contributed by atoms with Gasteiger partial charge in [-0.1, -0.05) is 17.7 Å². The number of aryl methyl sites for hydroxylation is 1. The Labute approximate surface area is 163 Å². The molecule has 0 radical (unpaired) electrons. The fourth-order valence-electron chi connectivity index (χ4n) is 3.35. The van der Waals surface area contributed by atoms with Crippen molar-refractivity contribution in [3.63, 3.8) is 0 Å². The van der Waals surface area contributed by atoms with Gasteiger partial charge in [0.15, 0.2) is 5.76 Å². The summed E-state index contributed by atoms with van der Waals surface area (Å²) in [6.07, 6.45) is 1.37. The third-order valence-corrected chi connectivity index (χ3v) is 6.27. The topological polar surface area (TPSA) is 85.8 Å². The summed E-state index contributed by atoms with van der Waals surface area (Å²) in [6, 6.07) is 10.1. The standard InChI is InChI=1S/C20H22N2O5S/c1-13-6-8-16(9-7-13)28(23,24)19-20(22-11-14(2)26-15(3)12-22)27-18(21-19)17-5-4-10-25-17/h4-10,14-15H,11-12H2,1-3H3/t14-,15+. The van der Waals surface area contributed by atoms with Gasteiger partial charge in [0.2, 0.25) is 20.7 Å². The lowest BCUT2D eigenvalue weighted by atomic mass is 10.2. The van der Waals surface area contributed by atoms with Crippen LogP contribution in [0, 0.1) is 6.92 Å². The molecule has 1 saturated heterocycles. The Kier molecular flexibility index (Phi) is 4.76. The fraction of sp³-hybridized carbons (Fsp3) is 0.350. The van der Waals surface area contributed by atoms with Crippen LogP contribution in [0.1, 0.15) is 19.4 Å². The summed E-state index contributed by atoms with van der Waals surface area (Å²) >= 11 is 0. The zero-order valence-electron chi connectivity index (χ0n) is 16.0. The van der Waals surface area contributed by atoms with Crippen LogP contribution in [0.25, 0.3) is 11.7 Å². The molecule has 0 amide bonds. The van der Waals surface area contributed by atoms with Crippen molar-refractivity contribution >= 4 is 15.7 Å². The van der Waals surface area contributed by atoms with Gasteiger partial charge in [0.25, 0.3) is 5.89 Å². The van der Waals surface area contributed by atoms with Crippen molar-refractivity contribution in [3.05, 3.63) is 48.2 Å². The average molecular weight is 402 g/mol. The number of furan rings is 1. The van der Waals surface area contributed by atoms with Crippen LogP contribution < -0.4 is 4.90 Å². The highest BCUT2D eigenvalue weighted by Crippen LogP contribution is 2.36. The summed E-state index contributed by atoms with van der Waals surface area (Å²) in [5.41, 5.74) is 0.978. The minimum atomic E-state index is -3.87. The van der Waals surface area contributed by atoms with E-state index in [1.54, 1.807) is 36.4 Å². The molecule has 148 valence electrons. The van der Waals surface area contributed by atoms with E-state index >= 15 is 0 Å². The number of rotatable bonds is 4. The van der Waals surface area contributed by atoms with E-state index in [4.69, 9.17) is 13.6 Å². The van der Waals surface area contributed by atoms with Gasteiger partial charge in [0.05, 0.1) is 23.4 Å². The number of nitrogens with zero attached hydrogens (tertiary/aromatic N) is 2. The Morgan fingerprint density at radius 3 is 2.36 bits per heavy atom. The molecule has 1 aliphatic rings. The molecule has 7 nitrogen and oxygen atoms in total. The normalized spacial score (nSPS) is 20.5. The van der Waals surface area contributed by atoms with Crippen LogP contribution in [0.5, 0.6) is 0 Å². The predicted octanol–water partition coefficient (Wildman–Crippen LogP) is 3.69. The molecule has 2 aromatic heterocycles. The van der Waals surface area contributed by atoms with Crippen molar-refractivity contribution in [1.82, 2.24) is 4.98 Å². The number of benzene rings is 1. The third-order valence-electron chi connectivity index (χ3n) is 4.60. The molecule has 8 heteroatoms. The molecule has 1 aliphatic heterocycles. The summed E-state index contributed by atoms with van der Waals surface area (Å²) in [5, 5.41) is -0.107. The van der Waals surface area contributed by atoms with Crippen molar-refractivity contribution in [2.75, 3.05) is 18.0 Å². The van der Waals surface area contributed by atoms with E-state index in [0.29, 0.717) is 18.8 Å². The van der Waals surface area contributed by atoms with Gasteiger partial charge in [-0.3, -0.25) is 0 Å². The molecular formula is C20H22N2O5S. The molecule has 28 heavy (non-hydrogen) atoms. The first-order valence-corrected chi connectivity index (χ1v) is 10.6. The Balaban J connectivity index is 1.84. The minimum absolute atomic E-state index is 0.0594. The predicted molar refractivity (Wildman–Crippen MR) is 103 cm³/mol. The van der Waals surface area contributed by atoms with Crippen LogP contribution in [-0.2, 0) is 14.6 Å². The van der Waals surface area contributed by atoms with E-state index in [-0.39, 0.29) is 33.9 Å². The first kappa shape index (κ1) is 18.8. The number of aromatic nitrogens is 1. The van der Waals surface area contributed by atoms with Crippen LogP contribution in [0.4, 0.5) is 5.88 Å². The van der Waals surface area contributed by atoms with Crippen molar-refractivity contribution in [2.45, 2.75) is 42.9 Å². The summed E-state index contributed by atoms with van der Waals surface area (Å²) in [7, 11) is -3.87. The zero-order valence-corrected chi connectivity index (χ0v) is 16.8. The summed E-state index contributed by atoms with van der Waals surface area (Å²) in [6.45, 7) is 6.81. The van der Waals surface area contributed by atoms with Gasteiger partial charge < -0.3 is 18.5 Å². The third kappa shape index (κ3) is 3.45. The molecule has 3 aromatic rings. The monoisotopic (exact) mass is 402 g/mol. The highest BCUT2D eigenvalue weighted by Gasteiger charge is 2.34. The molecular weight excluding hydrogens is 380 g/mol. The maximum atomic E-state index is 13.3. The molecule has 0 unspecified atom stereocenters. The molecule has 1 aromatic carbocycles. The first-order chi connectivity index (χ1) is 13.3. The molecule has 0 aliphatic carbocycles. The second-order valence-corrected chi connectivity index (χ2v) is 8.95. The Morgan fingerprint density at radius 1 is 1.07 bits per heavy atom. The SMILES string of the molecule is Cc1ccc(S(=O)(=O)c2nc(-c3ccco3)oc2N2C[C@@H](C)O[C@@H](C)C2)cc1. The van der Waals surface area contributed by atoms with Crippen molar-refractivity contribution in [1.29, 1.82) is 0 Å². The number of sulfone groups is 1. The number of anilines is 1. The second kappa shape index (κ2) is 7.10. The van der Waals surface area contributed by atoms with Gasteiger partial charge >= 0.3 is 0 Å². The van der Waals surface area contributed by atoms with E-state index in [2.05, 4.69) is 4.98 Å². The number of hydrogen-bond donors (Lipinski definition) is 0. The van der Waals surface area contributed by atoms with E-state index < -0.39 is 9.84 Å². The van der Waals surface area contributed by atoms with Crippen molar-refractivity contribution in [3.8, 4) is 11.7 Å². The van der Waals surface area contributed by atoms with Gasteiger partial charge in [-0.2, -0.15) is 4.98 Å². The Morgan fingerprint density at radius 2 is 1.75 bits per heavy atom. The Bertz CT molecular complexity index is 1040. The first-order valence-electron chi connectivity index (χ1n) is 9.11. The maximum Gasteiger partial charge on any atom is 0.266 e. The van der Waals surface area contributed by atoms with Crippen LogP contribution in [0.3, 0.4) is 0 Å². The van der Waals surface area contributed by atoms with Crippen LogP contribution in [-0.4, -0.2) is 38.7 Å². The van der Waals surface area contributed by atoms with Crippen LogP contribution in [0.2, 0.25) is 0 Å². The van der Waals surface area contributed by atoms with Gasteiger partial charge in [0, 0.05) is 13.1 Å². The molecule has 0 spiro atoms. The summed E-state index contributed by atoms with van der Waals surface area (Å²) in [4.78, 5) is 6.37. The van der Waals surface area contributed by atoms with E-state index in [1.165, 1.54) is 6.26 Å². The van der Waals surface area contributed by atoms with Gasteiger partial charge in [0.1, 0.15) is 0 Å². The molecule has 2 atom stereocenters. The quantitative estimate of drug-likeness (QED) is 0.658. The smallest absolute Gasteiger partial charge is 0.266 e. The highest BCUT2D eigenvalue weighted by atomic mass is 32.2. The summed E-state index contributed by atoms with van der Waals surface area (Å²) < 4.78 is 43.7. The van der Waals surface area contributed by atoms with Gasteiger partial charge in [-0.05, 0) is 45.0 Å². The summed E-state index contributed by atoms with van der Waals surface area (Å²) in [5.74, 6) is 0.729. The lowest BCUT2D eigenvalue weighted by molar-refractivity contribution is -0.00657.